The molecular formula is C15H12ClNO3S. The quantitative estimate of drug-likeness (QED) is 0.854. The van der Waals surface area contributed by atoms with Crippen LogP contribution in [0.15, 0.2) is 53.4 Å². The van der Waals surface area contributed by atoms with Crippen molar-refractivity contribution < 1.29 is 13.5 Å². The third-order valence-electron chi connectivity index (χ3n) is 2.55. The van der Waals surface area contributed by atoms with E-state index < -0.39 is 10.0 Å². The van der Waals surface area contributed by atoms with Crippen LogP contribution in [0.5, 0.6) is 0 Å². The number of benzene rings is 2. The van der Waals surface area contributed by atoms with E-state index in [1.807, 2.05) is 0 Å². The highest BCUT2D eigenvalue weighted by Crippen LogP contribution is 2.23. The molecule has 108 valence electrons. The average molecular weight is 322 g/mol. The number of nitrogens with one attached hydrogen (secondary N) is 1. The maximum atomic E-state index is 12.3. The Morgan fingerprint density at radius 1 is 1.14 bits per heavy atom. The van der Waals surface area contributed by atoms with E-state index in [2.05, 4.69) is 16.6 Å². The molecule has 6 heteroatoms. The van der Waals surface area contributed by atoms with Gasteiger partial charge >= 0.3 is 0 Å². The van der Waals surface area contributed by atoms with Crippen molar-refractivity contribution in [1.29, 1.82) is 0 Å². The molecule has 2 rings (SSSR count). The van der Waals surface area contributed by atoms with Gasteiger partial charge in [-0.2, -0.15) is 0 Å². The van der Waals surface area contributed by atoms with Crippen molar-refractivity contribution >= 4 is 27.3 Å². The third-order valence-corrected chi connectivity index (χ3v) is 4.43. The molecule has 0 amide bonds. The first kappa shape index (κ1) is 15.4. The van der Waals surface area contributed by atoms with Gasteiger partial charge < -0.3 is 5.11 Å². The summed E-state index contributed by atoms with van der Waals surface area (Å²) in [6.07, 6.45) is 0. The van der Waals surface area contributed by atoms with Crippen LogP contribution in [-0.4, -0.2) is 20.1 Å². The van der Waals surface area contributed by atoms with Gasteiger partial charge in [-0.15, -0.1) is 0 Å². The molecule has 0 unspecified atom stereocenters. The summed E-state index contributed by atoms with van der Waals surface area (Å²) in [5.74, 6) is 5.21. The molecule has 0 bridgehead atoms. The van der Waals surface area contributed by atoms with Gasteiger partial charge in [-0.05, 0) is 30.3 Å². The molecule has 0 aliphatic heterocycles. The zero-order valence-electron chi connectivity index (χ0n) is 10.9. The molecule has 0 radical (unpaired) electrons. The van der Waals surface area contributed by atoms with Crippen LogP contribution < -0.4 is 4.72 Å². The molecule has 21 heavy (non-hydrogen) atoms. The van der Waals surface area contributed by atoms with E-state index in [0.717, 1.165) is 0 Å². The highest BCUT2D eigenvalue weighted by Gasteiger charge is 2.17. The zero-order valence-corrected chi connectivity index (χ0v) is 12.4. The Morgan fingerprint density at radius 2 is 1.90 bits per heavy atom. The van der Waals surface area contributed by atoms with Crippen LogP contribution in [0.3, 0.4) is 0 Å². The topological polar surface area (TPSA) is 66.4 Å². The molecule has 0 aromatic heterocycles. The van der Waals surface area contributed by atoms with Crippen LogP contribution in [0.2, 0.25) is 5.02 Å². The monoisotopic (exact) mass is 321 g/mol. The molecule has 4 nitrogen and oxygen atoms in total. The molecule has 0 spiro atoms. The van der Waals surface area contributed by atoms with Gasteiger partial charge in [0.1, 0.15) is 11.5 Å². The van der Waals surface area contributed by atoms with E-state index in [1.54, 1.807) is 36.4 Å². The lowest BCUT2D eigenvalue weighted by molar-refractivity contribution is 0.350. The number of halogens is 1. The van der Waals surface area contributed by atoms with Crippen LogP contribution in [0.4, 0.5) is 5.69 Å². The van der Waals surface area contributed by atoms with E-state index in [9.17, 15) is 8.42 Å². The third kappa shape index (κ3) is 3.99. The van der Waals surface area contributed by atoms with Gasteiger partial charge in [-0.3, -0.25) is 4.72 Å². The summed E-state index contributed by atoms with van der Waals surface area (Å²) in [6, 6.07) is 12.8. The summed E-state index contributed by atoms with van der Waals surface area (Å²) in [6.45, 7) is -0.254. The summed E-state index contributed by atoms with van der Waals surface area (Å²) < 4.78 is 27.0. The van der Waals surface area contributed by atoms with Gasteiger partial charge in [0.25, 0.3) is 10.0 Å². The van der Waals surface area contributed by atoms with E-state index in [-0.39, 0.29) is 16.5 Å². The van der Waals surface area contributed by atoms with Crippen LogP contribution in [0, 0.1) is 11.8 Å². The Kier molecular flexibility index (Phi) is 4.86. The highest BCUT2D eigenvalue weighted by molar-refractivity contribution is 7.92. The Morgan fingerprint density at radius 3 is 2.62 bits per heavy atom. The van der Waals surface area contributed by atoms with Crippen LogP contribution in [0.1, 0.15) is 5.56 Å². The number of anilines is 1. The predicted octanol–water partition coefficient (Wildman–Crippen LogP) is 2.48. The fourth-order valence-electron chi connectivity index (χ4n) is 1.67. The van der Waals surface area contributed by atoms with Gasteiger partial charge in [0.2, 0.25) is 0 Å². The Hall–Kier alpha value is -2.00. The molecule has 0 saturated carbocycles. The number of rotatable bonds is 3. The smallest absolute Gasteiger partial charge is 0.263 e. The maximum absolute atomic E-state index is 12.3. The molecule has 2 aromatic carbocycles. The fraction of sp³-hybridized carbons (Fsp3) is 0.0667. The standard InChI is InChI=1S/C15H12ClNO3S/c16-14-8-1-2-9-15(14)21(19,20)17-13-7-3-5-12(11-13)6-4-10-18/h1-3,5,7-9,11,17-18H,10H2. The normalized spacial score (nSPS) is 10.6. The molecule has 0 fully saturated rings. The second kappa shape index (κ2) is 6.64. The summed E-state index contributed by atoms with van der Waals surface area (Å²) in [5, 5.41) is 8.82. The van der Waals surface area contributed by atoms with Crippen molar-refractivity contribution in [3.05, 3.63) is 59.1 Å². The van der Waals surface area contributed by atoms with Gasteiger partial charge in [0, 0.05) is 5.56 Å². The fourth-order valence-corrected chi connectivity index (χ4v) is 3.24. The first-order valence-electron chi connectivity index (χ1n) is 6.00. The van der Waals surface area contributed by atoms with Crippen LogP contribution in [-0.2, 0) is 10.0 Å². The minimum absolute atomic E-state index is 0.0125. The van der Waals surface area contributed by atoms with Crippen molar-refractivity contribution in [3.8, 4) is 11.8 Å². The highest BCUT2D eigenvalue weighted by atomic mass is 35.5. The Bertz CT molecular complexity index is 807. The Labute approximate surface area is 128 Å². The van der Waals surface area contributed by atoms with Crippen molar-refractivity contribution in [2.24, 2.45) is 0 Å². The lowest BCUT2D eigenvalue weighted by atomic mass is 10.2. The Balaban J connectivity index is 2.31. The number of hydrogen-bond acceptors (Lipinski definition) is 3. The summed E-state index contributed by atoms with van der Waals surface area (Å²) >= 11 is 5.91. The minimum atomic E-state index is -3.76. The number of aliphatic hydroxyl groups excluding tert-OH is 1. The summed E-state index contributed by atoms with van der Waals surface area (Å²) in [5.41, 5.74) is 0.975. The first-order valence-corrected chi connectivity index (χ1v) is 7.86. The van der Waals surface area contributed by atoms with Gasteiger partial charge in [0.15, 0.2) is 0 Å². The molecule has 0 heterocycles. The average Bonchev–Trinajstić information content (AvgIpc) is 2.45. The van der Waals surface area contributed by atoms with Crippen molar-refractivity contribution in [2.75, 3.05) is 11.3 Å². The molecular weight excluding hydrogens is 310 g/mol. The van der Waals surface area contributed by atoms with E-state index >= 15 is 0 Å². The van der Waals surface area contributed by atoms with Gasteiger partial charge in [-0.1, -0.05) is 41.6 Å². The van der Waals surface area contributed by atoms with Crippen molar-refractivity contribution in [2.45, 2.75) is 4.90 Å². The molecule has 0 aliphatic rings. The number of hydrogen-bond donors (Lipinski definition) is 2. The number of sulfonamides is 1. The lowest BCUT2D eigenvalue weighted by Crippen LogP contribution is -2.13. The first-order chi connectivity index (χ1) is 10.0. The van der Waals surface area contributed by atoms with E-state index in [0.29, 0.717) is 11.3 Å². The second-order valence-corrected chi connectivity index (χ2v) is 6.13. The van der Waals surface area contributed by atoms with Crippen LogP contribution >= 0.6 is 11.6 Å². The minimum Gasteiger partial charge on any atom is -0.384 e. The molecule has 2 aromatic rings. The largest absolute Gasteiger partial charge is 0.384 e. The predicted molar refractivity (Wildman–Crippen MR) is 82.7 cm³/mol. The zero-order chi connectivity index (χ0) is 15.3. The molecule has 2 N–H and O–H groups in total. The second-order valence-electron chi connectivity index (χ2n) is 4.08. The van der Waals surface area contributed by atoms with Crippen molar-refractivity contribution in [1.82, 2.24) is 0 Å². The lowest BCUT2D eigenvalue weighted by Gasteiger charge is -2.09. The summed E-state index contributed by atoms with van der Waals surface area (Å²) in [7, 11) is -3.76. The van der Waals surface area contributed by atoms with Gasteiger partial charge in [0.05, 0.1) is 10.7 Å². The molecule has 0 saturated heterocycles. The SMILES string of the molecule is O=S(=O)(Nc1cccc(C#CCO)c1)c1ccccc1Cl. The molecule has 0 atom stereocenters. The number of aliphatic hydroxyl groups is 1. The van der Waals surface area contributed by atoms with Crippen LogP contribution in [0.25, 0.3) is 0 Å². The van der Waals surface area contributed by atoms with Gasteiger partial charge in [-0.25, -0.2) is 8.42 Å². The van der Waals surface area contributed by atoms with E-state index in [1.165, 1.54) is 12.1 Å². The maximum Gasteiger partial charge on any atom is 0.263 e. The molecule has 0 aliphatic carbocycles. The summed E-state index contributed by atoms with van der Waals surface area (Å²) in [4.78, 5) is 0.0125. The van der Waals surface area contributed by atoms with E-state index in [4.69, 9.17) is 16.7 Å². The van der Waals surface area contributed by atoms with Crippen molar-refractivity contribution in [3.63, 3.8) is 0 Å².